The highest BCUT2D eigenvalue weighted by atomic mass is 32.1. The third-order valence-corrected chi connectivity index (χ3v) is 3.26. The second-order valence-electron chi connectivity index (χ2n) is 5.65. The van der Waals surface area contributed by atoms with E-state index < -0.39 is 0 Å². The quantitative estimate of drug-likeness (QED) is 0.479. The van der Waals surface area contributed by atoms with E-state index >= 15 is 0 Å². The Labute approximate surface area is 153 Å². The van der Waals surface area contributed by atoms with Gasteiger partial charge in [0.1, 0.15) is 12.4 Å². The Morgan fingerprint density at radius 2 is 1.84 bits per heavy atom. The lowest BCUT2D eigenvalue weighted by atomic mass is 10.1. The van der Waals surface area contributed by atoms with Crippen LogP contribution in [0.1, 0.15) is 37.6 Å². The van der Waals surface area contributed by atoms with Gasteiger partial charge < -0.3 is 9.47 Å². The molecule has 0 radical (unpaired) electrons. The zero-order valence-corrected chi connectivity index (χ0v) is 15.6. The standard InChI is InChI=1S/C17H25N3O4S/c1-4-23-11-15(21)19-20-17(25)18-16(22)13-5-7-14(8-6-13)24-10-9-12(2)3/h5-8,12H,4,9-11H2,1-3H3,(H,19,21)(H2,18,20,22,25). The van der Waals surface area contributed by atoms with Crippen LogP contribution in [0.3, 0.4) is 0 Å². The molecule has 0 spiro atoms. The molecule has 1 rings (SSSR count). The van der Waals surface area contributed by atoms with Crippen LogP contribution in [0.25, 0.3) is 0 Å². The van der Waals surface area contributed by atoms with Gasteiger partial charge in [-0.25, -0.2) is 0 Å². The van der Waals surface area contributed by atoms with Crippen molar-refractivity contribution in [1.82, 2.24) is 16.2 Å². The van der Waals surface area contributed by atoms with E-state index in [0.29, 0.717) is 30.4 Å². The fourth-order valence-corrected chi connectivity index (χ4v) is 1.82. The van der Waals surface area contributed by atoms with Crippen molar-refractivity contribution >= 4 is 29.1 Å². The molecular weight excluding hydrogens is 342 g/mol. The van der Waals surface area contributed by atoms with Crippen LogP contribution in [0.15, 0.2) is 24.3 Å². The molecule has 1 aromatic rings. The topological polar surface area (TPSA) is 88.7 Å². The number of ether oxygens (including phenoxy) is 2. The van der Waals surface area contributed by atoms with E-state index in [-0.39, 0.29) is 23.5 Å². The van der Waals surface area contributed by atoms with Crippen LogP contribution in [0.2, 0.25) is 0 Å². The minimum absolute atomic E-state index is 0.00731. The van der Waals surface area contributed by atoms with Crippen molar-refractivity contribution in [3.63, 3.8) is 0 Å². The van der Waals surface area contributed by atoms with Crippen molar-refractivity contribution in [1.29, 1.82) is 0 Å². The summed E-state index contributed by atoms with van der Waals surface area (Å²) >= 11 is 4.95. The lowest BCUT2D eigenvalue weighted by molar-refractivity contribution is -0.126. The van der Waals surface area contributed by atoms with Crippen molar-refractivity contribution in [2.24, 2.45) is 5.92 Å². The monoisotopic (exact) mass is 367 g/mol. The van der Waals surface area contributed by atoms with E-state index in [0.717, 1.165) is 6.42 Å². The first-order chi connectivity index (χ1) is 11.9. The second kappa shape index (κ2) is 11.4. The van der Waals surface area contributed by atoms with E-state index in [4.69, 9.17) is 21.7 Å². The van der Waals surface area contributed by atoms with Crippen LogP contribution in [0.4, 0.5) is 0 Å². The van der Waals surface area contributed by atoms with Crippen LogP contribution in [0, 0.1) is 5.92 Å². The lowest BCUT2D eigenvalue weighted by Crippen LogP contribution is -2.49. The van der Waals surface area contributed by atoms with Crippen molar-refractivity contribution < 1.29 is 19.1 Å². The molecule has 0 aliphatic heterocycles. The fraction of sp³-hybridized carbons (Fsp3) is 0.471. The number of rotatable bonds is 8. The SMILES string of the molecule is CCOCC(=O)NNC(=S)NC(=O)c1ccc(OCCC(C)C)cc1. The minimum atomic E-state index is -0.388. The van der Waals surface area contributed by atoms with Gasteiger partial charge in [-0.2, -0.15) is 0 Å². The molecule has 0 aliphatic carbocycles. The number of amides is 2. The van der Waals surface area contributed by atoms with Gasteiger partial charge in [0.25, 0.3) is 11.8 Å². The number of nitrogens with one attached hydrogen (secondary N) is 3. The van der Waals surface area contributed by atoms with E-state index in [1.165, 1.54) is 0 Å². The summed E-state index contributed by atoms with van der Waals surface area (Å²) in [6.07, 6.45) is 0.969. The van der Waals surface area contributed by atoms with Crippen molar-refractivity contribution in [3.05, 3.63) is 29.8 Å². The normalized spacial score (nSPS) is 10.2. The highest BCUT2D eigenvalue weighted by molar-refractivity contribution is 7.80. The maximum Gasteiger partial charge on any atom is 0.264 e. The largest absolute Gasteiger partial charge is 0.494 e. The summed E-state index contributed by atoms with van der Waals surface area (Å²) in [6, 6.07) is 6.76. The van der Waals surface area contributed by atoms with E-state index in [2.05, 4.69) is 30.0 Å². The number of benzene rings is 1. The van der Waals surface area contributed by atoms with E-state index in [9.17, 15) is 9.59 Å². The highest BCUT2D eigenvalue weighted by Crippen LogP contribution is 2.13. The first-order valence-corrected chi connectivity index (χ1v) is 8.54. The minimum Gasteiger partial charge on any atom is -0.494 e. The van der Waals surface area contributed by atoms with Crippen molar-refractivity contribution in [2.75, 3.05) is 19.8 Å². The maximum atomic E-state index is 12.1. The molecule has 0 bridgehead atoms. The summed E-state index contributed by atoms with van der Waals surface area (Å²) < 4.78 is 10.5. The molecule has 0 saturated carbocycles. The lowest BCUT2D eigenvalue weighted by Gasteiger charge is -2.11. The summed E-state index contributed by atoms with van der Waals surface area (Å²) in [6.45, 7) is 7.04. The number of carbonyl (C=O) groups is 2. The van der Waals surface area contributed by atoms with Gasteiger partial charge >= 0.3 is 0 Å². The molecule has 2 amide bonds. The first-order valence-electron chi connectivity index (χ1n) is 8.13. The van der Waals surface area contributed by atoms with E-state index in [1.807, 2.05) is 0 Å². The smallest absolute Gasteiger partial charge is 0.264 e. The summed E-state index contributed by atoms with van der Waals surface area (Å²) in [5.74, 6) is 0.514. The summed E-state index contributed by atoms with van der Waals surface area (Å²) in [7, 11) is 0. The molecule has 138 valence electrons. The molecule has 7 nitrogen and oxygen atoms in total. The molecule has 0 aromatic heterocycles. The number of carbonyl (C=O) groups excluding carboxylic acids is 2. The van der Waals surface area contributed by atoms with Gasteiger partial charge in [0.05, 0.1) is 6.61 Å². The number of hydrogen-bond acceptors (Lipinski definition) is 5. The zero-order chi connectivity index (χ0) is 18.7. The Morgan fingerprint density at radius 3 is 2.44 bits per heavy atom. The number of hydrogen-bond donors (Lipinski definition) is 3. The molecular formula is C17H25N3O4S. The molecule has 1 aromatic carbocycles. The van der Waals surface area contributed by atoms with Gasteiger partial charge in [-0.15, -0.1) is 0 Å². The van der Waals surface area contributed by atoms with Gasteiger partial charge in [0, 0.05) is 12.2 Å². The van der Waals surface area contributed by atoms with Gasteiger partial charge in [0.2, 0.25) is 0 Å². The fourth-order valence-electron chi connectivity index (χ4n) is 1.68. The Balaban J connectivity index is 2.38. The third-order valence-electron chi connectivity index (χ3n) is 3.06. The average Bonchev–Trinajstić information content (AvgIpc) is 2.58. The highest BCUT2D eigenvalue weighted by Gasteiger charge is 2.09. The molecule has 0 unspecified atom stereocenters. The van der Waals surface area contributed by atoms with Gasteiger partial charge in [-0.05, 0) is 55.7 Å². The van der Waals surface area contributed by atoms with E-state index in [1.54, 1.807) is 31.2 Å². The van der Waals surface area contributed by atoms with Gasteiger partial charge in [-0.1, -0.05) is 13.8 Å². The van der Waals surface area contributed by atoms with Crippen molar-refractivity contribution in [2.45, 2.75) is 27.2 Å². The van der Waals surface area contributed by atoms with Crippen LogP contribution < -0.4 is 20.9 Å². The molecule has 0 atom stereocenters. The molecule has 25 heavy (non-hydrogen) atoms. The average molecular weight is 367 g/mol. The van der Waals surface area contributed by atoms with Gasteiger partial charge in [-0.3, -0.25) is 25.8 Å². The molecule has 0 saturated heterocycles. The third kappa shape index (κ3) is 9.02. The molecule has 0 aliphatic rings. The predicted molar refractivity (Wildman–Crippen MR) is 99.2 cm³/mol. The Kier molecular flexibility index (Phi) is 9.49. The van der Waals surface area contributed by atoms with Crippen LogP contribution in [0.5, 0.6) is 5.75 Å². The summed E-state index contributed by atoms with van der Waals surface area (Å²) in [5, 5.41) is 2.46. The predicted octanol–water partition coefficient (Wildman–Crippen LogP) is 1.78. The zero-order valence-electron chi connectivity index (χ0n) is 14.8. The number of thiocarbonyl (C=S) groups is 1. The van der Waals surface area contributed by atoms with Crippen LogP contribution in [-0.2, 0) is 9.53 Å². The van der Waals surface area contributed by atoms with Crippen molar-refractivity contribution in [3.8, 4) is 5.75 Å². The van der Waals surface area contributed by atoms with Crippen LogP contribution in [-0.4, -0.2) is 36.7 Å². The molecule has 8 heteroatoms. The Hall–Kier alpha value is -2.19. The Morgan fingerprint density at radius 1 is 1.16 bits per heavy atom. The maximum absolute atomic E-state index is 12.1. The van der Waals surface area contributed by atoms with Gasteiger partial charge in [0.15, 0.2) is 5.11 Å². The first kappa shape index (κ1) is 20.9. The van der Waals surface area contributed by atoms with Crippen LogP contribution >= 0.6 is 12.2 Å². The number of hydrazine groups is 1. The second-order valence-corrected chi connectivity index (χ2v) is 6.06. The molecule has 0 heterocycles. The molecule has 0 fully saturated rings. The Bertz CT molecular complexity index is 576. The molecule has 3 N–H and O–H groups in total. The summed E-state index contributed by atoms with van der Waals surface area (Å²) in [5.41, 5.74) is 5.19. The summed E-state index contributed by atoms with van der Waals surface area (Å²) in [4.78, 5) is 23.4.